The van der Waals surface area contributed by atoms with Crippen molar-refractivity contribution in [2.24, 2.45) is 0 Å². The molecule has 3 aromatic rings. The van der Waals surface area contributed by atoms with E-state index < -0.39 is 0 Å². The Morgan fingerprint density at radius 2 is 1.56 bits per heavy atom. The van der Waals surface area contributed by atoms with Gasteiger partial charge in [0, 0.05) is 29.2 Å². The number of rotatable bonds is 11. The number of nitrogens with zero attached hydrogens (tertiary/aromatic N) is 1. The number of hydrogen-bond donors (Lipinski definition) is 1. The van der Waals surface area contributed by atoms with E-state index >= 15 is 0 Å². The molecule has 1 N–H and O–H groups in total. The van der Waals surface area contributed by atoms with Crippen LogP contribution in [-0.4, -0.2) is 57.2 Å². The van der Waals surface area contributed by atoms with Crippen LogP contribution in [0.15, 0.2) is 71.2 Å². The van der Waals surface area contributed by atoms with Gasteiger partial charge in [-0.05, 0) is 61.4 Å². The van der Waals surface area contributed by atoms with Crippen molar-refractivity contribution in [2.45, 2.75) is 19.4 Å². The average Bonchev–Trinajstić information content (AvgIpc) is 2.90. The second kappa shape index (κ2) is 13.0. The molecule has 2 amide bonds. The molecule has 1 unspecified atom stereocenters. The van der Waals surface area contributed by atoms with Crippen molar-refractivity contribution < 1.29 is 23.8 Å². The summed E-state index contributed by atoms with van der Waals surface area (Å²) in [4.78, 5) is 28.1. The molecular formula is C28H31BrN2O5. The molecule has 0 aliphatic carbocycles. The Balaban J connectivity index is 1.81. The summed E-state index contributed by atoms with van der Waals surface area (Å²) >= 11 is 3.45. The molecular weight excluding hydrogens is 524 g/mol. The number of carbonyl (C=O) groups excluding carboxylic acids is 2. The number of amides is 2. The normalized spacial score (nSPS) is 11.4. The van der Waals surface area contributed by atoms with Crippen LogP contribution >= 0.6 is 15.9 Å². The lowest BCUT2D eigenvalue weighted by molar-refractivity contribution is 0.0727. The standard InChI is InChI=1S/C28H31BrN2O5/c1-19(30-27(32)21-8-6-5-7-9-21)18-31(28(33)23-17-22(29)11-13-24(23)34-2)15-14-20-10-12-25(35-3)26(16-20)36-4/h5-13,16-17,19H,14-15,18H2,1-4H3,(H,30,32). The first-order chi connectivity index (χ1) is 17.4. The minimum absolute atomic E-state index is 0.185. The van der Waals surface area contributed by atoms with E-state index in [-0.39, 0.29) is 17.9 Å². The van der Waals surface area contributed by atoms with Crippen LogP contribution in [0.5, 0.6) is 17.2 Å². The highest BCUT2D eigenvalue weighted by Crippen LogP contribution is 2.28. The third kappa shape index (κ3) is 7.01. The number of hydrogen-bond acceptors (Lipinski definition) is 5. The molecule has 0 saturated carbocycles. The van der Waals surface area contributed by atoms with E-state index in [1.54, 1.807) is 43.4 Å². The Morgan fingerprint density at radius 1 is 0.889 bits per heavy atom. The molecule has 3 rings (SSSR count). The summed E-state index contributed by atoms with van der Waals surface area (Å²) in [5.41, 5.74) is 2.01. The number of benzene rings is 3. The second-order valence-electron chi connectivity index (χ2n) is 8.28. The Bertz CT molecular complexity index is 1190. The molecule has 3 aromatic carbocycles. The number of carbonyl (C=O) groups is 2. The van der Waals surface area contributed by atoms with Gasteiger partial charge in [-0.2, -0.15) is 0 Å². The van der Waals surface area contributed by atoms with Gasteiger partial charge in [0.05, 0.1) is 26.9 Å². The maximum atomic E-state index is 13.7. The van der Waals surface area contributed by atoms with Crippen LogP contribution in [0.2, 0.25) is 0 Å². The predicted molar refractivity (Wildman–Crippen MR) is 143 cm³/mol. The highest BCUT2D eigenvalue weighted by Gasteiger charge is 2.23. The predicted octanol–water partition coefficient (Wildman–Crippen LogP) is 4.98. The summed E-state index contributed by atoms with van der Waals surface area (Å²) < 4.78 is 17.0. The van der Waals surface area contributed by atoms with Crippen LogP contribution in [0, 0.1) is 0 Å². The second-order valence-corrected chi connectivity index (χ2v) is 9.19. The molecule has 1 atom stereocenters. The first kappa shape index (κ1) is 27.1. The highest BCUT2D eigenvalue weighted by atomic mass is 79.9. The summed E-state index contributed by atoms with van der Waals surface area (Å²) in [6, 6.07) is 19.8. The molecule has 190 valence electrons. The summed E-state index contributed by atoms with van der Waals surface area (Å²) in [5, 5.41) is 2.99. The topological polar surface area (TPSA) is 77.1 Å². The van der Waals surface area contributed by atoms with Gasteiger partial charge in [0.15, 0.2) is 11.5 Å². The molecule has 0 radical (unpaired) electrons. The molecule has 7 nitrogen and oxygen atoms in total. The lowest BCUT2D eigenvalue weighted by Gasteiger charge is -2.27. The van der Waals surface area contributed by atoms with E-state index in [0.717, 1.165) is 10.0 Å². The Morgan fingerprint density at radius 3 is 2.22 bits per heavy atom. The fourth-order valence-electron chi connectivity index (χ4n) is 3.87. The number of halogens is 1. The first-order valence-corrected chi connectivity index (χ1v) is 12.3. The van der Waals surface area contributed by atoms with Gasteiger partial charge >= 0.3 is 0 Å². The van der Waals surface area contributed by atoms with Crippen LogP contribution in [0.3, 0.4) is 0 Å². The van der Waals surface area contributed by atoms with Crippen molar-refractivity contribution in [2.75, 3.05) is 34.4 Å². The van der Waals surface area contributed by atoms with Crippen molar-refractivity contribution in [3.05, 3.63) is 87.9 Å². The van der Waals surface area contributed by atoms with Crippen LogP contribution in [-0.2, 0) is 6.42 Å². The minimum Gasteiger partial charge on any atom is -0.496 e. The maximum absolute atomic E-state index is 13.7. The van der Waals surface area contributed by atoms with Crippen molar-refractivity contribution in [1.82, 2.24) is 10.2 Å². The smallest absolute Gasteiger partial charge is 0.257 e. The minimum atomic E-state index is -0.287. The molecule has 0 saturated heterocycles. The third-order valence-electron chi connectivity index (χ3n) is 5.71. The van der Waals surface area contributed by atoms with E-state index in [0.29, 0.717) is 47.9 Å². The van der Waals surface area contributed by atoms with Crippen molar-refractivity contribution in [1.29, 1.82) is 0 Å². The van der Waals surface area contributed by atoms with E-state index in [1.165, 1.54) is 7.11 Å². The molecule has 0 aliphatic heterocycles. The van der Waals surface area contributed by atoms with Gasteiger partial charge in [-0.3, -0.25) is 9.59 Å². The summed E-state index contributed by atoms with van der Waals surface area (Å²) in [7, 11) is 4.72. The zero-order valence-electron chi connectivity index (χ0n) is 20.9. The van der Waals surface area contributed by atoms with Crippen molar-refractivity contribution in [3.8, 4) is 17.2 Å². The quantitative estimate of drug-likeness (QED) is 0.361. The Kier molecular flexibility index (Phi) is 9.76. The summed E-state index contributed by atoms with van der Waals surface area (Å²) in [6.07, 6.45) is 0.585. The van der Waals surface area contributed by atoms with Crippen LogP contribution < -0.4 is 19.5 Å². The van der Waals surface area contributed by atoms with Crippen LogP contribution in [0.25, 0.3) is 0 Å². The molecule has 8 heteroatoms. The number of methoxy groups -OCH3 is 3. The molecule has 0 bridgehead atoms. The molecule has 0 heterocycles. The fourth-order valence-corrected chi connectivity index (χ4v) is 4.23. The number of nitrogens with one attached hydrogen (secondary N) is 1. The first-order valence-electron chi connectivity index (χ1n) is 11.6. The lowest BCUT2D eigenvalue weighted by atomic mass is 10.1. The van der Waals surface area contributed by atoms with E-state index in [1.807, 2.05) is 49.4 Å². The van der Waals surface area contributed by atoms with Gasteiger partial charge in [-0.1, -0.05) is 40.2 Å². The van der Waals surface area contributed by atoms with Gasteiger partial charge in [0.2, 0.25) is 0 Å². The SMILES string of the molecule is COc1ccc(CCN(CC(C)NC(=O)c2ccccc2)C(=O)c2cc(Br)ccc2OC)cc1OC. The zero-order valence-corrected chi connectivity index (χ0v) is 22.5. The van der Waals surface area contributed by atoms with Crippen molar-refractivity contribution in [3.63, 3.8) is 0 Å². The largest absolute Gasteiger partial charge is 0.496 e. The molecule has 36 heavy (non-hydrogen) atoms. The van der Waals surface area contributed by atoms with Crippen LogP contribution in [0.4, 0.5) is 0 Å². The monoisotopic (exact) mass is 554 g/mol. The van der Waals surface area contributed by atoms with E-state index in [2.05, 4.69) is 21.2 Å². The van der Waals surface area contributed by atoms with Gasteiger partial charge < -0.3 is 24.4 Å². The Labute approximate surface area is 220 Å². The van der Waals surface area contributed by atoms with Crippen molar-refractivity contribution >= 4 is 27.7 Å². The summed E-state index contributed by atoms with van der Waals surface area (Å²) in [5.74, 6) is 1.39. The summed E-state index contributed by atoms with van der Waals surface area (Å²) in [6.45, 7) is 2.63. The van der Waals surface area contributed by atoms with Crippen LogP contribution in [0.1, 0.15) is 33.2 Å². The van der Waals surface area contributed by atoms with E-state index in [4.69, 9.17) is 14.2 Å². The van der Waals surface area contributed by atoms with E-state index in [9.17, 15) is 9.59 Å². The van der Waals surface area contributed by atoms with Gasteiger partial charge in [-0.25, -0.2) is 0 Å². The Hall–Kier alpha value is -3.52. The molecule has 0 fully saturated rings. The maximum Gasteiger partial charge on any atom is 0.257 e. The lowest BCUT2D eigenvalue weighted by Crippen LogP contribution is -2.45. The van der Waals surface area contributed by atoms with Gasteiger partial charge in [0.1, 0.15) is 5.75 Å². The molecule has 0 aliphatic rings. The molecule has 0 spiro atoms. The average molecular weight is 555 g/mol. The fraction of sp³-hybridized carbons (Fsp3) is 0.286. The van der Waals surface area contributed by atoms with Gasteiger partial charge in [-0.15, -0.1) is 0 Å². The third-order valence-corrected chi connectivity index (χ3v) is 6.20. The molecule has 0 aromatic heterocycles. The zero-order chi connectivity index (χ0) is 26.1. The van der Waals surface area contributed by atoms with Gasteiger partial charge in [0.25, 0.3) is 11.8 Å². The number of ether oxygens (including phenoxy) is 3. The highest BCUT2D eigenvalue weighted by molar-refractivity contribution is 9.10.